The van der Waals surface area contributed by atoms with Gasteiger partial charge in [-0.15, -0.1) is 0 Å². The number of hydrogen-bond acceptors (Lipinski definition) is 2. The first-order valence-electron chi connectivity index (χ1n) is 6.56. The average molecular weight is 265 g/mol. The van der Waals surface area contributed by atoms with Gasteiger partial charge in [-0.1, -0.05) is 30.9 Å². The summed E-state index contributed by atoms with van der Waals surface area (Å²) in [6, 6.07) is 3.77. The first kappa shape index (κ1) is 12.0. The predicted octanol–water partition coefficient (Wildman–Crippen LogP) is 3.60. The molecular formula is C14H17ClN2O. The van der Waals surface area contributed by atoms with Crippen molar-refractivity contribution in [3.8, 4) is 0 Å². The molecule has 1 atom stereocenters. The molecule has 0 saturated heterocycles. The van der Waals surface area contributed by atoms with E-state index < -0.39 is 6.10 Å². The lowest BCUT2D eigenvalue weighted by molar-refractivity contribution is 0.0802. The fourth-order valence-electron chi connectivity index (χ4n) is 2.95. The molecule has 0 spiro atoms. The molecule has 0 bridgehead atoms. The van der Waals surface area contributed by atoms with Crippen LogP contribution in [0.1, 0.15) is 43.9 Å². The normalized spacial score (nSPS) is 19.2. The molecule has 2 heterocycles. The van der Waals surface area contributed by atoms with Crippen LogP contribution in [0.4, 0.5) is 0 Å². The van der Waals surface area contributed by atoms with E-state index in [-0.39, 0.29) is 0 Å². The molecule has 4 heteroatoms. The highest BCUT2D eigenvalue weighted by Crippen LogP contribution is 2.37. The molecule has 3 rings (SSSR count). The van der Waals surface area contributed by atoms with E-state index in [1.54, 1.807) is 12.5 Å². The molecule has 1 aliphatic carbocycles. The van der Waals surface area contributed by atoms with Crippen LogP contribution >= 0.6 is 11.6 Å². The van der Waals surface area contributed by atoms with Gasteiger partial charge in [0.15, 0.2) is 0 Å². The first-order valence-corrected chi connectivity index (χ1v) is 6.93. The maximum atomic E-state index is 10.6. The third-order valence-electron chi connectivity index (χ3n) is 3.95. The molecule has 2 aromatic heterocycles. The van der Waals surface area contributed by atoms with Crippen molar-refractivity contribution in [2.75, 3.05) is 0 Å². The number of imidazole rings is 1. The number of aliphatic hydroxyl groups is 1. The molecule has 0 aliphatic heterocycles. The summed E-state index contributed by atoms with van der Waals surface area (Å²) in [5, 5.41) is 11.2. The summed E-state index contributed by atoms with van der Waals surface area (Å²) >= 11 is 6.27. The van der Waals surface area contributed by atoms with Gasteiger partial charge < -0.3 is 5.11 Å². The summed E-state index contributed by atoms with van der Waals surface area (Å²) in [7, 11) is 0. The van der Waals surface area contributed by atoms with Crippen molar-refractivity contribution in [2.24, 2.45) is 5.92 Å². The molecule has 0 amide bonds. The van der Waals surface area contributed by atoms with Crippen LogP contribution in [0.3, 0.4) is 0 Å². The minimum atomic E-state index is -0.490. The van der Waals surface area contributed by atoms with Crippen LogP contribution < -0.4 is 0 Å². The van der Waals surface area contributed by atoms with E-state index in [4.69, 9.17) is 11.6 Å². The van der Waals surface area contributed by atoms with Gasteiger partial charge in [0, 0.05) is 0 Å². The smallest absolute Gasteiger partial charge is 0.0995 e. The molecule has 1 saturated carbocycles. The number of nitrogens with zero attached hydrogens (tertiary/aromatic N) is 2. The molecule has 0 radical (unpaired) electrons. The third kappa shape index (κ3) is 2.02. The van der Waals surface area contributed by atoms with Crippen molar-refractivity contribution in [1.82, 2.24) is 9.38 Å². The average Bonchev–Trinajstić information content (AvgIpc) is 2.87. The standard InChI is InChI=1S/C14H17ClN2O/c15-12-7-6-11-8-16-9-17(11)13(12)14(18)10-4-2-1-3-5-10/h6-10,14,18H,1-5H2/t14-/m1/s1. The zero-order valence-corrected chi connectivity index (χ0v) is 11.0. The van der Waals surface area contributed by atoms with E-state index in [0.29, 0.717) is 10.9 Å². The fraction of sp³-hybridized carbons (Fsp3) is 0.500. The van der Waals surface area contributed by atoms with Crippen molar-refractivity contribution in [3.63, 3.8) is 0 Å². The molecule has 0 unspecified atom stereocenters. The monoisotopic (exact) mass is 264 g/mol. The molecule has 18 heavy (non-hydrogen) atoms. The van der Waals surface area contributed by atoms with E-state index in [0.717, 1.165) is 24.1 Å². The Kier molecular flexibility index (Phi) is 3.27. The van der Waals surface area contributed by atoms with E-state index in [2.05, 4.69) is 4.98 Å². The van der Waals surface area contributed by atoms with Crippen LogP contribution in [0.5, 0.6) is 0 Å². The number of rotatable bonds is 2. The Morgan fingerprint density at radius 1 is 1.28 bits per heavy atom. The van der Waals surface area contributed by atoms with Gasteiger partial charge in [0.25, 0.3) is 0 Å². The van der Waals surface area contributed by atoms with E-state index >= 15 is 0 Å². The highest BCUT2D eigenvalue weighted by Gasteiger charge is 2.26. The van der Waals surface area contributed by atoms with E-state index in [1.807, 2.05) is 16.5 Å². The van der Waals surface area contributed by atoms with Gasteiger partial charge >= 0.3 is 0 Å². The maximum Gasteiger partial charge on any atom is 0.0995 e. The van der Waals surface area contributed by atoms with E-state index in [9.17, 15) is 5.11 Å². The summed E-state index contributed by atoms with van der Waals surface area (Å²) in [4.78, 5) is 4.12. The van der Waals surface area contributed by atoms with Crippen LogP contribution in [0, 0.1) is 5.92 Å². The van der Waals surface area contributed by atoms with Gasteiger partial charge in [-0.05, 0) is 30.9 Å². The Bertz CT molecular complexity index is 546. The minimum Gasteiger partial charge on any atom is -0.387 e. The number of hydrogen-bond donors (Lipinski definition) is 1. The molecule has 1 N–H and O–H groups in total. The van der Waals surface area contributed by atoms with Crippen molar-refractivity contribution < 1.29 is 5.11 Å². The number of fused-ring (bicyclic) bond motifs is 1. The van der Waals surface area contributed by atoms with Gasteiger partial charge in [-0.25, -0.2) is 4.98 Å². The van der Waals surface area contributed by atoms with Gasteiger partial charge in [0.05, 0.1) is 34.9 Å². The molecule has 3 nitrogen and oxygen atoms in total. The number of halogens is 1. The quantitative estimate of drug-likeness (QED) is 0.900. The summed E-state index contributed by atoms with van der Waals surface area (Å²) < 4.78 is 1.90. The lowest BCUT2D eigenvalue weighted by Crippen LogP contribution is -2.18. The highest BCUT2D eigenvalue weighted by molar-refractivity contribution is 6.31. The maximum absolute atomic E-state index is 10.6. The number of aromatic nitrogens is 2. The van der Waals surface area contributed by atoms with Crippen molar-refractivity contribution in [3.05, 3.63) is 35.4 Å². The highest BCUT2D eigenvalue weighted by atomic mass is 35.5. The first-order chi connectivity index (χ1) is 8.77. The lowest BCUT2D eigenvalue weighted by Gasteiger charge is -2.27. The summed E-state index contributed by atoms with van der Waals surface area (Å²) in [6.45, 7) is 0. The molecule has 1 aliphatic rings. The van der Waals surface area contributed by atoms with Crippen molar-refractivity contribution >= 4 is 17.1 Å². The number of aliphatic hydroxyl groups excluding tert-OH is 1. The van der Waals surface area contributed by atoms with Crippen LogP contribution in [0.2, 0.25) is 5.02 Å². The summed E-state index contributed by atoms with van der Waals surface area (Å²) in [5.41, 5.74) is 1.77. The zero-order chi connectivity index (χ0) is 12.5. The van der Waals surface area contributed by atoms with Crippen molar-refractivity contribution in [1.29, 1.82) is 0 Å². The molecule has 1 fully saturated rings. The third-order valence-corrected chi connectivity index (χ3v) is 4.27. The summed E-state index contributed by atoms with van der Waals surface area (Å²) in [6.07, 6.45) is 8.89. The molecule has 0 aromatic carbocycles. The Morgan fingerprint density at radius 3 is 2.83 bits per heavy atom. The zero-order valence-electron chi connectivity index (χ0n) is 10.2. The van der Waals surface area contributed by atoms with E-state index in [1.165, 1.54) is 19.3 Å². The van der Waals surface area contributed by atoms with Crippen LogP contribution in [0.15, 0.2) is 24.7 Å². The lowest BCUT2D eigenvalue weighted by atomic mass is 9.84. The Labute approximate surface area is 111 Å². The fourth-order valence-corrected chi connectivity index (χ4v) is 3.21. The van der Waals surface area contributed by atoms with Gasteiger partial charge in [0.2, 0.25) is 0 Å². The second-order valence-electron chi connectivity index (χ2n) is 5.10. The van der Waals surface area contributed by atoms with Crippen LogP contribution in [-0.2, 0) is 0 Å². The van der Waals surface area contributed by atoms with Gasteiger partial charge in [0.1, 0.15) is 0 Å². The molecule has 96 valence electrons. The Hall–Kier alpha value is -1.06. The Morgan fingerprint density at radius 2 is 2.06 bits per heavy atom. The second kappa shape index (κ2) is 4.90. The molecular weight excluding hydrogens is 248 g/mol. The predicted molar refractivity (Wildman–Crippen MR) is 71.7 cm³/mol. The second-order valence-corrected chi connectivity index (χ2v) is 5.51. The summed E-state index contributed by atoms with van der Waals surface area (Å²) in [5.74, 6) is 0.323. The Balaban J connectivity index is 2.01. The minimum absolute atomic E-state index is 0.323. The SMILES string of the molecule is O[C@@H](c1c(Cl)ccc2cncn12)C1CCCCC1. The topological polar surface area (TPSA) is 37.5 Å². The molecule has 2 aromatic rings. The van der Waals surface area contributed by atoms with Crippen molar-refractivity contribution in [2.45, 2.75) is 38.2 Å². The largest absolute Gasteiger partial charge is 0.387 e. The number of pyridine rings is 1. The van der Waals surface area contributed by atoms with Gasteiger partial charge in [-0.2, -0.15) is 0 Å². The van der Waals surface area contributed by atoms with Crippen LogP contribution in [-0.4, -0.2) is 14.5 Å². The van der Waals surface area contributed by atoms with Gasteiger partial charge in [-0.3, -0.25) is 4.40 Å². The van der Waals surface area contributed by atoms with Crippen LogP contribution in [0.25, 0.3) is 5.52 Å².